The SMILES string of the molecule is O=C(CC(NC1=C/C=C\C=C/C=C\1)C(=O)O)OC1=C/C=C\C=C/C=C\1. The highest BCUT2D eigenvalue weighted by Crippen LogP contribution is 2.08. The summed E-state index contributed by atoms with van der Waals surface area (Å²) in [6, 6.07) is -1.09. The summed E-state index contributed by atoms with van der Waals surface area (Å²) in [7, 11) is 0. The largest absolute Gasteiger partial charge is 0.480 e. The Bertz CT molecular complexity index is 746. The molecule has 0 fully saturated rings. The van der Waals surface area contributed by atoms with E-state index in [0.717, 1.165) is 0 Å². The van der Waals surface area contributed by atoms with E-state index in [-0.39, 0.29) is 6.42 Å². The van der Waals surface area contributed by atoms with E-state index < -0.39 is 18.0 Å². The number of ether oxygens (including phenoxy) is 1. The fourth-order valence-electron chi connectivity index (χ4n) is 2.02. The fraction of sp³-hybridized carbons (Fsp3) is 0.100. The Morgan fingerprint density at radius 3 is 2.20 bits per heavy atom. The first-order valence-electron chi connectivity index (χ1n) is 7.78. The summed E-state index contributed by atoms with van der Waals surface area (Å²) in [6.07, 6.45) is 24.4. The summed E-state index contributed by atoms with van der Waals surface area (Å²) in [6.45, 7) is 0. The maximum Gasteiger partial charge on any atom is 0.326 e. The number of carboxylic acid groups (broad SMARTS) is 1. The van der Waals surface area contributed by atoms with Crippen LogP contribution >= 0.6 is 0 Å². The number of carbonyl (C=O) groups excluding carboxylic acids is 1. The van der Waals surface area contributed by atoms with Crippen LogP contribution in [0.3, 0.4) is 0 Å². The van der Waals surface area contributed by atoms with E-state index in [4.69, 9.17) is 4.74 Å². The highest BCUT2D eigenvalue weighted by molar-refractivity contribution is 5.82. The third-order valence-corrected chi connectivity index (χ3v) is 3.20. The van der Waals surface area contributed by atoms with Crippen molar-refractivity contribution in [3.8, 4) is 0 Å². The second kappa shape index (κ2) is 9.72. The number of allylic oxidation sites excluding steroid dienone is 14. The summed E-state index contributed by atoms with van der Waals surface area (Å²) < 4.78 is 5.23. The molecule has 25 heavy (non-hydrogen) atoms. The van der Waals surface area contributed by atoms with Gasteiger partial charge < -0.3 is 15.2 Å². The van der Waals surface area contributed by atoms with Crippen LogP contribution in [0, 0.1) is 0 Å². The molecule has 2 aliphatic carbocycles. The molecule has 0 saturated heterocycles. The fourth-order valence-corrected chi connectivity index (χ4v) is 2.02. The highest BCUT2D eigenvalue weighted by Gasteiger charge is 2.22. The van der Waals surface area contributed by atoms with Gasteiger partial charge in [-0.2, -0.15) is 0 Å². The molecule has 0 aromatic carbocycles. The Hall–Kier alpha value is -3.34. The number of aliphatic carboxylic acids is 1. The lowest BCUT2D eigenvalue weighted by molar-refractivity contribution is -0.146. The Labute approximate surface area is 146 Å². The lowest BCUT2D eigenvalue weighted by Crippen LogP contribution is -2.38. The second-order valence-corrected chi connectivity index (χ2v) is 5.16. The number of carbonyl (C=O) groups is 2. The first-order chi connectivity index (χ1) is 12.1. The third-order valence-electron chi connectivity index (χ3n) is 3.20. The summed E-state index contributed by atoms with van der Waals surface area (Å²) in [4.78, 5) is 23.5. The number of hydrogen-bond acceptors (Lipinski definition) is 4. The topological polar surface area (TPSA) is 75.6 Å². The van der Waals surface area contributed by atoms with Gasteiger partial charge in [-0.1, -0.05) is 60.8 Å². The smallest absolute Gasteiger partial charge is 0.326 e. The molecule has 2 aliphatic rings. The molecule has 0 amide bonds. The van der Waals surface area contributed by atoms with Crippen LogP contribution in [0.2, 0.25) is 0 Å². The normalized spacial score (nSPS) is 28.6. The van der Waals surface area contributed by atoms with E-state index in [1.165, 1.54) is 0 Å². The van der Waals surface area contributed by atoms with Gasteiger partial charge in [0.25, 0.3) is 0 Å². The maximum atomic E-state index is 12.1. The maximum absolute atomic E-state index is 12.1. The molecule has 1 unspecified atom stereocenters. The van der Waals surface area contributed by atoms with E-state index in [9.17, 15) is 14.7 Å². The molecule has 2 N–H and O–H groups in total. The van der Waals surface area contributed by atoms with Crippen molar-refractivity contribution in [1.29, 1.82) is 0 Å². The Morgan fingerprint density at radius 2 is 1.48 bits per heavy atom. The molecule has 0 saturated carbocycles. The molecular weight excluding hydrogens is 318 g/mol. The summed E-state index contributed by atoms with van der Waals surface area (Å²) in [5.74, 6) is -1.40. The molecule has 0 aromatic rings. The molecule has 0 aromatic heterocycles. The zero-order chi connectivity index (χ0) is 17.9. The van der Waals surface area contributed by atoms with E-state index in [1.54, 1.807) is 60.8 Å². The number of nitrogens with one attached hydrogen (secondary N) is 1. The summed E-state index contributed by atoms with van der Waals surface area (Å²) in [5.41, 5.74) is 0.596. The van der Waals surface area contributed by atoms with Crippen LogP contribution in [0.4, 0.5) is 0 Å². The quantitative estimate of drug-likeness (QED) is 0.729. The molecule has 1 atom stereocenters. The molecule has 0 bridgehead atoms. The minimum Gasteiger partial charge on any atom is -0.480 e. The lowest BCUT2D eigenvalue weighted by atomic mass is 10.2. The van der Waals surface area contributed by atoms with Crippen LogP contribution in [-0.2, 0) is 14.3 Å². The first kappa shape index (κ1) is 18.0. The predicted octanol–water partition coefficient (Wildman–Crippen LogP) is 3.09. The van der Waals surface area contributed by atoms with Crippen molar-refractivity contribution in [2.75, 3.05) is 0 Å². The molecule has 0 aliphatic heterocycles. The van der Waals surface area contributed by atoms with Gasteiger partial charge in [-0.25, -0.2) is 4.79 Å². The van der Waals surface area contributed by atoms with Gasteiger partial charge in [0.2, 0.25) is 0 Å². The van der Waals surface area contributed by atoms with Crippen LogP contribution < -0.4 is 5.32 Å². The summed E-state index contributed by atoms with van der Waals surface area (Å²) >= 11 is 0. The number of carboxylic acids is 1. The highest BCUT2D eigenvalue weighted by atomic mass is 16.5. The van der Waals surface area contributed by atoms with Crippen LogP contribution in [0.5, 0.6) is 0 Å². The van der Waals surface area contributed by atoms with Gasteiger partial charge in [0.05, 0.1) is 6.42 Å². The zero-order valence-electron chi connectivity index (χ0n) is 13.5. The van der Waals surface area contributed by atoms with E-state index >= 15 is 0 Å². The minimum absolute atomic E-state index is 0.301. The molecule has 5 nitrogen and oxygen atoms in total. The molecule has 5 heteroatoms. The molecule has 128 valence electrons. The van der Waals surface area contributed by atoms with Crippen molar-refractivity contribution in [3.63, 3.8) is 0 Å². The van der Waals surface area contributed by atoms with Gasteiger partial charge in [0, 0.05) is 5.70 Å². The first-order valence-corrected chi connectivity index (χ1v) is 7.78. The van der Waals surface area contributed by atoms with Gasteiger partial charge in [0.1, 0.15) is 11.8 Å². The number of rotatable bonds is 6. The van der Waals surface area contributed by atoms with Gasteiger partial charge in [0.15, 0.2) is 0 Å². The predicted molar refractivity (Wildman–Crippen MR) is 96.3 cm³/mol. The number of hydrogen-bond donors (Lipinski definition) is 2. The van der Waals surface area contributed by atoms with Crippen LogP contribution in [0.25, 0.3) is 0 Å². The van der Waals surface area contributed by atoms with Gasteiger partial charge in [-0.05, 0) is 24.3 Å². The Balaban J connectivity index is 1.98. The molecular formula is C20H19NO4. The van der Waals surface area contributed by atoms with Crippen molar-refractivity contribution in [3.05, 3.63) is 96.5 Å². The third kappa shape index (κ3) is 6.74. The van der Waals surface area contributed by atoms with Gasteiger partial charge in [-0.15, -0.1) is 0 Å². The average molecular weight is 337 g/mol. The molecule has 0 radical (unpaired) electrons. The summed E-state index contributed by atoms with van der Waals surface area (Å²) in [5, 5.41) is 12.2. The van der Waals surface area contributed by atoms with Crippen molar-refractivity contribution < 1.29 is 19.4 Å². The Kier molecular flexibility index (Phi) is 7.00. The van der Waals surface area contributed by atoms with E-state index in [2.05, 4.69) is 5.32 Å². The zero-order valence-corrected chi connectivity index (χ0v) is 13.5. The van der Waals surface area contributed by atoms with Crippen LogP contribution in [0.1, 0.15) is 6.42 Å². The number of esters is 1. The molecule has 0 spiro atoms. The molecule has 2 rings (SSSR count). The van der Waals surface area contributed by atoms with E-state index in [1.807, 2.05) is 24.3 Å². The minimum atomic E-state index is -1.13. The van der Waals surface area contributed by atoms with Crippen molar-refractivity contribution in [1.82, 2.24) is 5.32 Å². The monoisotopic (exact) mass is 337 g/mol. The van der Waals surface area contributed by atoms with Crippen LogP contribution in [-0.4, -0.2) is 23.1 Å². The van der Waals surface area contributed by atoms with Crippen molar-refractivity contribution in [2.45, 2.75) is 12.5 Å². The standard InChI is InChI=1S/C20H19NO4/c22-19(25-17-13-9-5-2-6-10-14-17)15-18(20(23)24)21-16-11-7-3-1-4-8-12-16/h1-14,18,21H,15H2,(H,23,24)/b3-1-,4-1?,5-2-,6-2?,7-3?,8-4-,9-5?,10-6-,11-7-,12-8?,13-9-,14-10?,16-11?,16-12+,17-13?,17-14+. The van der Waals surface area contributed by atoms with Crippen molar-refractivity contribution >= 4 is 11.9 Å². The van der Waals surface area contributed by atoms with Gasteiger partial charge in [-0.3, -0.25) is 4.79 Å². The second-order valence-electron chi connectivity index (χ2n) is 5.16. The van der Waals surface area contributed by atoms with Crippen molar-refractivity contribution in [2.24, 2.45) is 0 Å². The van der Waals surface area contributed by atoms with Crippen LogP contribution in [0.15, 0.2) is 96.5 Å². The van der Waals surface area contributed by atoms with E-state index in [0.29, 0.717) is 11.5 Å². The van der Waals surface area contributed by atoms with Gasteiger partial charge >= 0.3 is 11.9 Å². The molecule has 0 heterocycles. The lowest BCUT2D eigenvalue weighted by Gasteiger charge is -2.16. The average Bonchev–Trinajstić information content (AvgIpc) is 2.51. The Morgan fingerprint density at radius 1 is 0.880 bits per heavy atom.